The summed E-state index contributed by atoms with van der Waals surface area (Å²) in [5.41, 5.74) is 0.474. The highest BCUT2D eigenvalue weighted by atomic mass is 16.5. The molecule has 86 valence electrons. The van der Waals surface area contributed by atoms with Crippen LogP contribution in [-0.2, 0) is 9.53 Å². The van der Waals surface area contributed by atoms with E-state index in [1.807, 2.05) is 6.92 Å². The Morgan fingerprint density at radius 1 is 1.27 bits per heavy atom. The molecule has 3 aliphatic rings. The molecule has 0 spiro atoms. The van der Waals surface area contributed by atoms with Gasteiger partial charge in [0.05, 0.1) is 6.61 Å². The van der Waals surface area contributed by atoms with Crippen molar-refractivity contribution in [3.63, 3.8) is 0 Å². The summed E-state index contributed by atoms with van der Waals surface area (Å²) < 4.78 is 4.99. The van der Waals surface area contributed by atoms with Gasteiger partial charge >= 0.3 is 5.97 Å². The number of rotatable bonds is 4. The highest BCUT2D eigenvalue weighted by Crippen LogP contribution is 2.43. The molecule has 0 amide bonds. The first kappa shape index (κ1) is 10.9. The van der Waals surface area contributed by atoms with Gasteiger partial charge in [0.1, 0.15) is 0 Å². The van der Waals surface area contributed by atoms with Gasteiger partial charge in [-0.2, -0.15) is 0 Å². The van der Waals surface area contributed by atoms with Gasteiger partial charge in [0, 0.05) is 6.42 Å². The van der Waals surface area contributed by atoms with E-state index in [1.165, 1.54) is 38.9 Å². The lowest BCUT2D eigenvalue weighted by molar-refractivity contribution is -0.144. The third-order valence-electron chi connectivity index (χ3n) is 4.04. The zero-order chi connectivity index (χ0) is 10.7. The maximum absolute atomic E-state index is 11.3. The number of hydrogen-bond donors (Lipinski definition) is 0. The van der Waals surface area contributed by atoms with Gasteiger partial charge in [-0.25, -0.2) is 0 Å². The lowest BCUT2D eigenvalue weighted by atomic mass is 9.69. The van der Waals surface area contributed by atoms with Crippen LogP contribution in [0.25, 0.3) is 0 Å². The fourth-order valence-corrected chi connectivity index (χ4v) is 2.87. The van der Waals surface area contributed by atoms with Crippen LogP contribution in [0, 0.1) is 5.41 Å². The van der Waals surface area contributed by atoms with E-state index >= 15 is 0 Å². The van der Waals surface area contributed by atoms with Gasteiger partial charge < -0.3 is 9.64 Å². The molecule has 15 heavy (non-hydrogen) atoms. The molecular weight excluding hydrogens is 190 g/mol. The van der Waals surface area contributed by atoms with Crippen LogP contribution in [0.3, 0.4) is 0 Å². The molecule has 0 atom stereocenters. The van der Waals surface area contributed by atoms with Crippen LogP contribution in [0.4, 0.5) is 0 Å². The minimum atomic E-state index is -0.0140. The molecule has 0 saturated carbocycles. The summed E-state index contributed by atoms with van der Waals surface area (Å²) in [5.74, 6) is -0.0140. The highest BCUT2D eigenvalue weighted by molar-refractivity contribution is 5.69. The first-order valence-corrected chi connectivity index (χ1v) is 6.12. The summed E-state index contributed by atoms with van der Waals surface area (Å²) in [4.78, 5) is 13.9. The molecule has 3 fully saturated rings. The van der Waals surface area contributed by atoms with Gasteiger partial charge in [-0.3, -0.25) is 4.79 Å². The maximum atomic E-state index is 11.3. The molecule has 0 aromatic rings. The molecule has 0 N–H and O–H groups in total. The monoisotopic (exact) mass is 211 g/mol. The lowest BCUT2D eigenvalue weighted by Gasteiger charge is -2.48. The van der Waals surface area contributed by atoms with Crippen molar-refractivity contribution in [1.82, 2.24) is 4.90 Å². The van der Waals surface area contributed by atoms with Gasteiger partial charge in [0.25, 0.3) is 0 Å². The predicted octanol–water partition coefficient (Wildman–Crippen LogP) is 1.82. The van der Waals surface area contributed by atoms with Gasteiger partial charge in [0.15, 0.2) is 0 Å². The third-order valence-corrected chi connectivity index (χ3v) is 4.04. The Labute approximate surface area is 91.8 Å². The number of carbonyl (C=O) groups is 1. The normalized spacial score (nSPS) is 34.1. The summed E-state index contributed by atoms with van der Waals surface area (Å²) in [6.07, 6.45) is 5.51. The van der Waals surface area contributed by atoms with Crippen LogP contribution < -0.4 is 0 Å². The van der Waals surface area contributed by atoms with Crippen LogP contribution in [0.15, 0.2) is 0 Å². The molecule has 3 rings (SSSR count). The Bertz CT molecular complexity index is 218. The van der Waals surface area contributed by atoms with Crippen molar-refractivity contribution in [2.75, 3.05) is 26.2 Å². The van der Waals surface area contributed by atoms with Crippen molar-refractivity contribution in [3.05, 3.63) is 0 Å². The number of nitrogens with zero attached hydrogens (tertiary/aromatic N) is 1. The molecule has 3 heterocycles. The Hall–Kier alpha value is -0.570. The molecule has 0 aliphatic carbocycles. The summed E-state index contributed by atoms with van der Waals surface area (Å²) in [7, 11) is 0. The van der Waals surface area contributed by atoms with Crippen molar-refractivity contribution >= 4 is 5.97 Å². The van der Waals surface area contributed by atoms with E-state index in [9.17, 15) is 4.79 Å². The van der Waals surface area contributed by atoms with Gasteiger partial charge in [-0.15, -0.1) is 0 Å². The molecule has 0 unspecified atom stereocenters. The van der Waals surface area contributed by atoms with Crippen LogP contribution in [0.1, 0.15) is 39.0 Å². The average Bonchev–Trinajstić information content (AvgIpc) is 2.30. The number of fused-ring (bicyclic) bond motifs is 3. The van der Waals surface area contributed by atoms with Crippen molar-refractivity contribution in [1.29, 1.82) is 0 Å². The fraction of sp³-hybridized carbons (Fsp3) is 0.917. The summed E-state index contributed by atoms with van der Waals surface area (Å²) in [6, 6.07) is 0. The molecule has 3 heteroatoms. The second kappa shape index (κ2) is 4.52. The molecule has 3 saturated heterocycles. The first-order chi connectivity index (χ1) is 7.24. The summed E-state index contributed by atoms with van der Waals surface area (Å²) >= 11 is 0. The van der Waals surface area contributed by atoms with Crippen molar-refractivity contribution in [2.45, 2.75) is 39.0 Å². The lowest BCUT2D eigenvalue weighted by Crippen LogP contribution is -2.48. The maximum Gasteiger partial charge on any atom is 0.305 e. The first-order valence-electron chi connectivity index (χ1n) is 6.12. The minimum absolute atomic E-state index is 0.0140. The van der Waals surface area contributed by atoms with Crippen molar-refractivity contribution < 1.29 is 9.53 Å². The predicted molar refractivity (Wildman–Crippen MR) is 58.6 cm³/mol. The van der Waals surface area contributed by atoms with E-state index in [0.717, 1.165) is 6.42 Å². The topological polar surface area (TPSA) is 29.5 Å². The average molecular weight is 211 g/mol. The number of ether oxygens (including phenoxy) is 1. The van der Waals surface area contributed by atoms with Gasteiger partial charge in [0.2, 0.25) is 0 Å². The van der Waals surface area contributed by atoms with Gasteiger partial charge in [-0.05, 0) is 57.7 Å². The number of esters is 1. The number of hydrogen-bond acceptors (Lipinski definition) is 3. The molecule has 0 aromatic heterocycles. The molecule has 3 aliphatic heterocycles. The molecule has 3 nitrogen and oxygen atoms in total. The van der Waals surface area contributed by atoms with Crippen molar-refractivity contribution in [2.24, 2.45) is 5.41 Å². The molecule has 0 aromatic carbocycles. The largest absolute Gasteiger partial charge is 0.466 e. The quantitative estimate of drug-likeness (QED) is 0.664. The van der Waals surface area contributed by atoms with Crippen LogP contribution >= 0.6 is 0 Å². The fourth-order valence-electron chi connectivity index (χ4n) is 2.87. The number of piperidine rings is 3. The van der Waals surface area contributed by atoms with E-state index in [2.05, 4.69) is 4.90 Å². The van der Waals surface area contributed by atoms with E-state index in [-0.39, 0.29) is 5.97 Å². The Balaban J connectivity index is 1.80. The van der Waals surface area contributed by atoms with E-state index in [0.29, 0.717) is 18.4 Å². The Morgan fingerprint density at radius 3 is 2.40 bits per heavy atom. The standard InChI is InChI=1S/C12H21NO2/c1-2-15-11(14)3-4-12-5-8-13(9-6-12)10-7-12/h2-10H2,1H3. The second-order valence-corrected chi connectivity index (χ2v) is 4.90. The van der Waals surface area contributed by atoms with E-state index < -0.39 is 0 Å². The molecule has 2 bridgehead atoms. The summed E-state index contributed by atoms with van der Waals surface area (Å²) in [6.45, 7) is 6.10. The summed E-state index contributed by atoms with van der Waals surface area (Å²) in [5, 5.41) is 0. The number of carbonyl (C=O) groups excluding carboxylic acids is 1. The zero-order valence-corrected chi connectivity index (χ0v) is 9.63. The Morgan fingerprint density at radius 2 is 1.87 bits per heavy atom. The SMILES string of the molecule is CCOC(=O)CCC12CCN(CC1)CC2. The minimum Gasteiger partial charge on any atom is -0.466 e. The van der Waals surface area contributed by atoms with E-state index in [1.54, 1.807) is 0 Å². The smallest absolute Gasteiger partial charge is 0.305 e. The van der Waals surface area contributed by atoms with E-state index in [4.69, 9.17) is 4.74 Å². The van der Waals surface area contributed by atoms with Crippen LogP contribution in [0.5, 0.6) is 0 Å². The highest BCUT2D eigenvalue weighted by Gasteiger charge is 2.39. The van der Waals surface area contributed by atoms with Crippen LogP contribution in [0.2, 0.25) is 0 Å². The molecule has 0 radical (unpaired) electrons. The van der Waals surface area contributed by atoms with Crippen molar-refractivity contribution in [3.8, 4) is 0 Å². The second-order valence-electron chi connectivity index (χ2n) is 4.90. The zero-order valence-electron chi connectivity index (χ0n) is 9.63. The molecular formula is C12H21NO2. The van der Waals surface area contributed by atoms with Gasteiger partial charge in [-0.1, -0.05) is 0 Å². The van der Waals surface area contributed by atoms with Crippen LogP contribution in [-0.4, -0.2) is 37.1 Å². The third kappa shape index (κ3) is 2.51. The Kier molecular flexibility index (Phi) is 3.29.